The molecule has 0 saturated carbocycles. The summed E-state index contributed by atoms with van der Waals surface area (Å²) < 4.78 is 0. The van der Waals surface area contributed by atoms with Crippen LogP contribution in [0.15, 0.2) is 29.3 Å². The second kappa shape index (κ2) is 10.4. The van der Waals surface area contributed by atoms with Crippen LogP contribution in [0.4, 0.5) is 0 Å². The summed E-state index contributed by atoms with van der Waals surface area (Å²) in [6, 6.07) is 7.51. The molecule has 0 aliphatic heterocycles. The Morgan fingerprint density at radius 3 is 2.57 bits per heavy atom. The Hall–Kier alpha value is -1.31. The number of aliphatic imine (C=N–C) groups is 1. The van der Waals surface area contributed by atoms with E-state index < -0.39 is 0 Å². The molecule has 118 valence electrons. The third-order valence-corrected chi connectivity index (χ3v) is 3.04. The summed E-state index contributed by atoms with van der Waals surface area (Å²) in [5.41, 5.74) is 7.59. The molecule has 0 radical (unpaired) electrons. The average Bonchev–Trinajstić information content (AvgIpc) is 2.44. The molecule has 21 heavy (non-hydrogen) atoms. The van der Waals surface area contributed by atoms with Crippen LogP contribution >= 0.6 is 24.0 Å². The van der Waals surface area contributed by atoms with Crippen LogP contribution in [0.25, 0.3) is 0 Å². The summed E-state index contributed by atoms with van der Waals surface area (Å²) in [7, 11) is 0. The van der Waals surface area contributed by atoms with Crippen molar-refractivity contribution in [3.63, 3.8) is 0 Å². The molecule has 0 aromatic heterocycles. The number of carbonyl (C=O) groups is 1. The van der Waals surface area contributed by atoms with Crippen molar-refractivity contribution < 1.29 is 4.79 Å². The quantitative estimate of drug-likeness (QED) is 0.330. The number of nitrogens with zero attached hydrogens (tertiary/aromatic N) is 2. The van der Waals surface area contributed by atoms with Gasteiger partial charge in [-0.15, -0.1) is 24.0 Å². The summed E-state index contributed by atoms with van der Waals surface area (Å²) in [4.78, 5) is 18.1. The molecule has 5 nitrogen and oxygen atoms in total. The van der Waals surface area contributed by atoms with Gasteiger partial charge in [-0.3, -0.25) is 9.79 Å². The Morgan fingerprint density at radius 2 is 2.00 bits per heavy atom. The molecular weight excluding hydrogens is 379 g/mol. The Morgan fingerprint density at radius 1 is 1.33 bits per heavy atom. The lowest BCUT2D eigenvalue weighted by molar-refractivity contribution is 0.0954. The minimum absolute atomic E-state index is 0. The number of guanidine groups is 1. The van der Waals surface area contributed by atoms with Gasteiger partial charge in [0.1, 0.15) is 0 Å². The number of benzene rings is 1. The van der Waals surface area contributed by atoms with Crippen LogP contribution in [-0.2, 0) is 0 Å². The van der Waals surface area contributed by atoms with Crippen LogP contribution in [0.1, 0.15) is 29.8 Å². The minimum Gasteiger partial charge on any atom is -0.370 e. The first-order valence-corrected chi connectivity index (χ1v) is 6.98. The molecule has 0 spiro atoms. The van der Waals surface area contributed by atoms with Gasteiger partial charge in [0.15, 0.2) is 5.96 Å². The van der Waals surface area contributed by atoms with Crippen molar-refractivity contribution in [3.05, 3.63) is 35.4 Å². The van der Waals surface area contributed by atoms with E-state index in [0.717, 1.165) is 18.7 Å². The molecule has 0 heterocycles. The van der Waals surface area contributed by atoms with E-state index in [1.807, 2.05) is 43.9 Å². The maximum absolute atomic E-state index is 11.9. The van der Waals surface area contributed by atoms with Gasteiger partial charge < -0.3 is 16.0 Å². The van der Waals surface area contributed by atoms with Crippen molar-refractivity contribution in [3.8, 4) is 0 Å². The molecule has 0 fully saturated rings. The van der Waals surface area contributed by atoms with Crippen molar-refractivity contribution in [1.29, 1.82) is 0 Å². The maximum Gasteiger partial charge on any atom is 0.251 e. The van der Waals surface area contributed by atoms with E-state index in [0.29, 0.717) is 24.6 Å². The smallest absolute Gasteiger partial charge is 0.251 e. The highest BCUT2D eigenvalue weighted by Crippen LogP contribution is 2.03. The second-order valence-electron chi connectivity index (χ2n) is 4.54. The summed E-state index contributed by atoms with van der Waals surface area (Å²) in [6.45, 7) is 8.67. The molecular formula is C15H25IN4O. The molecule has 0 saturated heterocycles. The highest BCUT2D eigenvalue weighted by Gasteiger charge is 2.04. The zero-order valence-corrected chi connectivity index (χ0v) is 15.3. The number of carbonyl (C=O) groups excluding carboxylic acids is 1. The van der Waals surface area contributed by atoms with Gasteiger partial charge in [-0.25, -0.2) is 0 Å². The number of nitrogens with two attached hydrogens (primary N) is 1. The fraction of sp³-hybridized carbons (Fsp3) is 0.467. The zero-order chi connectivity index (χ0) is 15.0. The van der Waals surface area contributed by atoms with E-state index in [9.17, 15) is 4.79 Å². The van der Waals surface area contributed by atoms with Gasteiger partial charge in [0, 0.05) is 25.2 Å². The maximum atomic E-state index is 11.9. The highest BCUT2D eigenvalue weighted by molar-refractivity contribution is 14.0. The van der Waals surface area contributed by atoms with Crippen molar-refractivity contribution in [2.75, 3.05) is 26.2 Å². The summed E-state index contributed by atoms with van der Waals surface area (Å²) in [5, 5.41) is 2.84. The van der Waals surface area contributed by atoms with Crippen molar-refractivity contribution >= 4 is 35.8 Å². The largest absolute Gasteiger partial charge is 0.370 e. The molecule has 1 aromatic rings. The topological polar surface area (TPSA) is 70.7 Å². The third-order valence-electron chi connectivity index (χ3n) is 3.04. The van der Waals surface area contributed by atoms with Gasteiger partial charge >= 0.3 is 0 Å². The van der Waals surface area contributed by atoms with Crippen LogP contribution < -0.4 is 11.1 Å². The average molecular weight is 404 g/mol. The molecule has 0 unspecified atom stereocenters. The molecule has 0 bridgehead atoms. The first kappa shape index (κ1) is 19.7. The first-order chi connectivity index (χ1) is 9.58. The molecule has 3 N–H and O–H groups in total. The number of hydrogen-bond acceptors (Lipinski definition) is 2. The van der Waals surface area contributed by atoms with Crippen LogP contribution in [0.5, 0.6) is 0 Å². The van der Waals surface area contributed by atoms with Crippen molar-refractivity contribution in [2.24, 2.45) is 10.7 Å². The SMILES string of the molecule is CCN(CC)C(N)=NCCNC(=O)c1cccc(C)c1.I. The van der Waals surface area contributed by atoms with Crippen LogP contribution in [0.2, 0.25) is 0 Å². The summed E-state index contributed by atoms with van der Waals surface area (Å²) >= 11 is 0. The predicted molar refractivity (Wildman–Crippen MR) is 98.3 cm³/mol. The van der Waals surface area contributed by atoms with Crippen molar-refractivity contribution in [1.82, 2.24) is 10.2 Å². The van der Waals surface area contributed by atoms with Crippen LogP contribution in [0, 0.1) is 6.92 Å². The van der Waals surface area contributed by atoms with E-state index in [1.54, 1.807) is 6.07 Å². The Bertz CT molecular complexity index is 472. The molecule has 1 rings (SSSR count). The van der Waals surface area contributed by atoms with E-state index in [1.165, 1.54) is 0 Å². The standard InChI is InChI=1S/C15H24N4O.HI/c1-4-19(5-2)15(16)18-10-9-17-14(20)13-8-6-7-12(3)11-13;/h6-8,11H,4-5,9-10H2,1-3H3,(H2,16,18)(H,17,20);1H. The number of aryl methyl sites for hydroxylation is 1. The molecule has 1 aromatic carbocycles. The molecule has 6 heteroatoms. The first-order valence-electron chi connectivity index (χ1n) is 6.98. The minimum atomic E-state index is -0.0784. The predicted octanol–water partition coefficient (Wildman–Crippen LogP) is 2.00. The van der Waals surface area contributed by atoms with Crippen LogP contribution in [0.3, 0.4) is 0 Å². The van der Waals surface area contributed by atoms with Crippen molar-refractivity contribution in [2.45, 2.75) is 20.8 Å². The van der Waals surface area contributed by atoms with Gasteiger partial charge in [0.2, 0.25) is 0 Å². The normalized spacial score (nSPS) is 10.7. The lowest BCUT2D eigenvalue weighted by Gasteiger charge is -2.19. The Kier molecular flexibility index (Phi) is 9.77. The number of halogens is 1. The fourth-order valence-electron chi connectivity index (χ4n) is 1.88. The lowest BCUT2D eigenvalue weighted by atomic mass is 10.1. The third kappa shape index (κ3) is 6.79. The highest BCUT2D eigenvalue weighted by atomic mass is 127. The Balaban J connectivity index is 0.00000400. The summed E-state index contributed by atoms with van der Waals surface area (Å²) in [5.74, 6) is 0.449. The number of nitrogens with one attached hydrogen (secondary N) is 1. The zero-order valence-electron chi connectivity index (χ0n) is 12.9. The fourth-order valence-corrected chi connectivity index (χ4v) is 1.88. The van der Waals surface area contributed by atoms with E-state index in [-0.39, 0.29) is 29.9 Å². The van der Waals surface area contributed by atoms with Gasteiger partial charge in [0.25, 0.3) is 5.91 Å². The number of hydrogen-bond donors (Lipinski definition) is 2. The summed E-state index contributed by atoms with van der Waals surface area (Å²) in [6.07, 6.45) is 0. The number of amides is 1. The van der Waals surface area contributed by atoms with Crippen LogP contribution in [-0.4, -0.2) is 42.9 Å². The van der Waals surface area contributed by atoms with E-state index in [4.69, 9.17) is 5.73 Å². The van der Waals surface area contributed by atoms with Gasteiger partial charge in [-0.1, -0.05) is 17.7 Å². The molecule has 1 amide bonds. The van der Waals surface area contributed by atoms with Gasteiger partial charge in [-0.05, 0) is 32.9 Å². The Labute approximate surface area is 144 Å². The molecule has 0 aliphatic rings. The van der Waals surface area contributed by atoms with E-state index >= 15 is 0 Å². The van der Waals surface area contributed by atoms with Gasteiger partial charge in [-0.2, -0.15) is 0 Å². The molecule has 0 atom stereocenters. The lowest BCUT2D eigenvalue weighted by Crippen LogP contribution is -2.37. The second-order valence-corrected chi connectivity index (χ2v) is 4.54. The molecule has 0 aliphatic carbocycles. The monoisotopic (exact) mass is 404 g/mol. The van der Waals surface area contributed by atoms with Gasteiger partial charge in [0.05, 0.1) is 6.54 Å². The number of rotatable bonds is 6. The van der Waals surface area contributed by atoms with E-state index in [2.05, 4.69) is 10.3 Å².